The highest BCUT2D eigenvalue weighted by molar-refractivity contribution is 7.07. The topological polar surface area (TPSA) is 81.0 Å². The Kier molecular flexibility index (Phi) is 3.29. The third-order valence-corrected chi connectivity index (χ3v) is 2.85. The number of aryl methyl sites for hydroxylation is 1. The van der Waals surface area contributed by atoms with Crippen LogP contribution in [0, 0.1) is 17.0 Å². The van der Waals surface area contributed by atoms with E-state index in [4.69, 9.17) is 0 Å². The first kappa shape index (κ1) is 11.5. The van der Waals surface area contributed by atoms with E-state index < -0.39 is 4.92 Å². The Hall–Kier alpha value is -2.02. The van der Waals surface area contributed by atoms with Gasteiger partial charge in [0.1, 0.15) is 12.0 Å². The molecule has 88 valence electrons. The molecule has 0 atom stereocenters. The molecular formula is C10H10N4O2S. The summed E-state index contributed by atoms with van der Waals surface area (Å²) in [5.41, 5.74) is 3.30. The largest absolute Gasteiger partial charge is 0.364 e. The Morgan fingerprint density at radius 2 is 2.35 bits per heavy atom. The van der Waals surface area contributed by atoms with Gasteiger partial charge < -0.3 is 5.32 Å². The molecular weight excluding hydrogens is 240 g/mol. The molecule has 2 heterocycles. The lowest BCUT2D eigenvalue weighted by Gasteiger charge is -2.04. The quantitative estimate of drug-likeness (QED) is 0.665. The van der Waals surface area contributed by atoms with Gasteiger partial charge in [-0.1, -0.05) is 0 Å². The van der Waals surface area contributed by atoms with Crippen LogP contribution in [-0.4, -0.2) is 14.9 Å². The molecule has 0 aromatic carbocycles. The summed E-state index contributed by atoms with van der Waals surface area (Å²) in [6, 6.07) is 1.66. The number of nitro groups is 1. The van der Waals surface area contributed by atoms with Crippen LogP contribution in [-0.2, 0) is 6.54 Å². The normalized spacial score (nSPS) is 10.2. The van der Waals surface area contributed by atoms with Crippen LogP contribution >= 0.6 is 11.3 Å². The molecule has 0 radical (unpaired) electrons. The van der Waals surface area contributed by atoms with Crippen molar-refractivity contribution in [2.45, 2.75) is 13.5 Å². The number of aromatic nitrogens is 2. The van der Waals surface area contributed by atoms with Gasteiger partial charge in [-0.25, -0.2) is 9.97 Å². The van der Waals surface area contributed by atoms with E-state index in [-0.39, 0.29) is 5.69 Å². The zero-order valence-corrected chi connectivity index (χ0v) is 9.90. The van der Waals surface area contributed by atoms with Crippen LogP contribution in [0.1, 0.15) is 11.3 Å². The molecule has 0 saturated heterocycles. The Balaban J connectivity index is 2.07. The molecule has 2 aromatic rings. The smallest absolute Gasteiger partial charge is 0.290 e. The number of anilines is 1. The van der Waals surface area contributed by atoms with Gasteiger partial charge in [-0.3, -0.25) is 10.1 Å². The third-order valence-electron chi connectivity index (χ3n) is 2.21. The first-order chi connectivity index (χ1) is 8.16. The minimum Gasteiger partial charge on any atom is -0.364 e. The molecule has 1 N–H and O–H groups in total. The third kappa shape index (κ3) is 2.76. The van der Waals surface area contributed by atoms with Crippen LogP contribution < -0.4 is 5.32 Å². The van der Waals surface area contributed by atoms with Gasteiger partial charge in [0.05, 0.1) is 22.7 Å². The van der Waals surface area contributed by atoms with Crippen LogP contribution in [0.15, 0.2) is 23.2 Å². The van der Waals surface area contributed by atoms with Crippen molar-refractivity contribution in [3.63, 3.8) is 0 Å². The molecule has 0 unspecified atom stereocenters. The summed E-state index contributed by atoms with van der Waals surface area (Å²) in [4.78, 5) is 18.3. The molecule has 2 aromatic heterocycles. The summed E-state index contributed by atoms with van der Waals surface area (Å²) in [5, 5.41) is 15.6. The molecule has 6 nitrogen and oxygen atoms in total. The van der Waals surface area contributed by atoms with Gasteiger partial charge in [0.25, 0.3) is 5.69 Å². The van der Waals surface area contributed by atoms with E-state index in [0.29, 0.717) is 17.9 Å². The van der Waals surface area contributed by atoms with E-state index in [1.54, 1.807) is 18.5 Å². The average Bonchev–Trinajstić information content (AvgIpc) is 2.78. The van der Waals surface area contributed by atoms with Gasteiger partial charge in [-0.2, -0.15) is 0 Å². The molecule has 7 heteroatoms. The first-order valence-electron chi connectivity index (χ1n) is 4.89. The highest BCUT2D eigenvalue weighted by atomic mass is 32.1. The van der Waals surface area contributed by atoms with Crippen molar-refractivity contribution in [3.8, 4) is 0 Å². The van der Waals surface area contributed by atoms with E-state index in [1.165, 1.54) is 17.5 Å². The maximum absolute atomic E-state index is 10.6. The predicted molar refractivity (Wildman–Crippen MR) is 65.1 cm³/mol. The molecule has 0 spiro atoms. The van der Waals surface area contributed by atoms with E-state index in [1.807, 2.05) is 5.38 Å². The van der Waals surface area contributed by atoms with Crippen molar-refractivity contribution in [1.29, 1.82) is 0 Å². The summed E-state index contributed by atoms with van der Waals surface area (Å²) >= 11 is 1.52. The second kappa shape index (κ2) is 4.88. The molecule has 0 amide bonds. The number of rotatable bonds is 4. The molecule has 0 aliphatic heterocycles. The van der Waals surface area contributed by atoms with Crippen molar-refractivity contribution in [2.24, 2.45) is 0 Å². The van der Waals surface area contributed by atoms with Crippen molar-refractivity contribution in [1.82, 2.24) is 9.97 Å². The van der Waals surface area contributed by atoms with Gasteiger partial charge in [0.2, 0.25) is 0 Å². The van der Waals surface area contributed by atoms with Crippen molar-refractivity contribution in [2.75, 3.05) is 5.32 Å². The summed E-state index contributed by atoms with van der Waals surface area (Å²) in [6.45, 7) is 2.25. The van der Waals surface area contributed by atoms with Crippen LogP contribution in [0.5, 0.6) is 0 Å². The van der Waals surface area contributed by atoms with Gasteiger partial charge in [0.15, 0.2) is 0 Å². The predicted octanol–water partition coefficient (Wildman–Crippen LogP) is 2.37. The number of nitrogens with one attached hydrogen (secondary N) is 1. The van der Waals surface area contributed by atoms with Crippen molar-refractivity contribution < 1.29 is 4.92 Å². The summed E-state index contributed by atoms with van der Waals surface area (Å²) in [7, 11) is 0. The highest BCUT2D eigenvalue weighted by Gasteiger charge is 2.11. The molecule has 0 saturated carbocycles. The number of nitrogens with zero attached hydrogens (tertiary/aromatic N) is 3. The lowest BCUT2D eigenvalue weighted by Crippen LogP contribution is -2.02. The van der Waals surface area contributed by atoms with Crippen LogP contribution in [0.4, 0.5) is 11.5 Å². The fourth-order valence-corrected chi connectivity index (χ4v) is 1.90. The van der Waals surface area contributed by atoms with Crippen molar-refractivity contribution in [3.05, 3.63) is 44.5 Å². The molecule has 0 bridgehead atoms. The number of hydrogen-bond acceptors (Lipinski definition) is 6. The first-order valence-corrected chi connectivity index (χ1v) is 5.83. The average molecular weight is 250 g/mol. The lowest BCUT2D eigenvalue weighted by atomic mass is 10.2. The van der Waals surface area contributed by atoms with Crippen LogP contribution in [0.2, 0.25) is 0 Å². The number of pyridine rings is 1. The maximum Gasteiger partial charge on any atom is 0.290 e. The van der Waals surface area contributed by atoms with Gasteiger partial charge in [0, 0.05) is 10.9 Å². The maximum atomic E-state index is 10.6. The Morgan fingerprint density at radius 3 is 2.94 bits per heavy atom. The molecule has 0 aliphatic carbocycles. The highest BCUT2D eigenvalue weighted by Crippen LogP contribution is 2.19. The second-order valence-corrected chi connectivity index (χ2v) is 4.17. The van der Waals surface area contributed by atoms with Gasteiger partial charge >= 0.3 is 0 Å². The van der Waals surface area contributed by atoms with Gasteiger partial charge in [-0.05, 0) is 13.0 Å². The minimum atomic E-state index is -0.438. The van der Waals surface area contributed by atoms with E-state index in [0.717, 1.165) is 5.69 Å². The van der Waals surface area contributed by atoms with Gasteiger partial charge in [-0.15, -0.1) is 11.3 Å². The Bertz CT molecular complexity index is 527. The van der Waals surface area contributed by atoms with E-state index in [9.17, 15) is 10.1 Å². The Morgan fingerprint density at radius 1 is 1.53 bits per heavy atom. The monoisotopic (exact) mass is 250 g/mol. The van der Waals surface area contributed by atoms with Crippen molar-refractivity contribution >= 4 is 22.8 Å². The minimum absolute atomic E-state index is 0.0317. The Labute approximate surface area is 102 Å². The number of thiazole rings is 1. The molecule has 0 aliphatic rings. The second-order valence-electron chi connectivity index (χ2n) is 3.45. The summed E-state index contributed by atoms with van der Waals surface area (Å²) < 4.78 is 0. The lowest BCUT2D eigenvalue weighted by molar-refractivity contribution is -0.385. The zero-order chi connectivity index (χ0) is 12.3. The number of hydrogen-bond donors (Lipinski definition) is 1. The molecule has 0 fully saturated rings. The molecule has 2 rings (SSSR count). The zero-order valence-electron chi connectivity index (χ0n) is 9.08. The van der Waals surface area contributed by atoms with Crippen LogP contribution in [0.3, 0.4) is 0 Å². The van der Waals surface area contributed by atoms with E-state index >= 15 is 0 Å². The fourth-order valence-electron chi connectivity index (χ4n) is 1.34. The fraction of sp³-hybridized carbons (Fsp3) is 0.200. The summed E-state index contributed by atoms with van der Waals surface area (Å²) in [6.07, 6.45) is 1.26. The van der Waals surface area contributed by atoms with Crippen LogP contribution in [0.25, 0.3) is 0 Å². The van der Waals surface area contributed by atoms with E-state index in [2.05, 4.69) is 15.3 Å². The summed E-state index contributed by atoms with van der Waals surface area (Å²) in [5.74, 6) is 0.612. The molecule has 17 heavy (non-hydrogen) atoms. The standard InChI is InChI=1S/C10H10N4O2S/c1-7-2-10(12-4-9(7)14(15)16)11-3-8-5-17-6-13-8/h2,4-6H,3H2,1H3,(H,11,12). The SMILES string of the molecule is Cc1cc(NCc2cscn2)ncc1[N+](=O)[O-].